The summed E-state index contributed by atoms with van der Waals surface area (Å²) in [6.45, 7) is 5.33. The first-order valence-electron chi connectivity index (χ1n) is 9.68. The molecule has 4 aromatic rings. The molecule has 9 nitrogen and oxygen atoms in total. The van der Waals surface area contributed by atoms with Crippen molar-refractivity contribution < 1.29 is 18.7 Å². The number of benzene rings is 1. The Kier molecular flexibility index (Phi) is 5.40. The minimum atomic E-state index is -0.549. The van der Waals surface area contributed by atoms with Gasteiger partial charge in [-0.2, -0.15) is 0 Å². The van der Waals surface area contributed by atoms with E-state index in [1.54, 1.807) is 55.8 Å². The lowest BCUT2D eigenvalue weighted by Crippen LogP contribution is -2.18. The predicted molar refractivity (Wildman–Crippen MR) is 115 cm³/mol. The van der Waals surface area contributed by atoms with Gasteiger partial charge in [0, 0.05) is 23.6 Å². The molecule has 1 aromatic carbocycles. The zero-order chi connectivity index (χ0) is 22.0. The van der Waals surface area contributed by atoms with Crippen LogP contribution in [0.1, 0.15) is 30.2 Å². The number of imidazole rings is 1. The number of nitrogens with zero attached hydrogens (tertiary/aromatic N) is 3. The lowest BCUT2D eigenvalue weighted by molar-refractivity contribution is 0.0995. The number of hydrogen-bond donors (Lipinski definition) is 2. The number of carbonyl (C=O) groups is 2. The van der Waals surface area contributed by atoms with Crippen molar-refractivity contribution >= 4 is 29.2 Å². The Bertz CT molecular complexity index is 1260. The number of furan rings is 1. The molecule has 0 aliphatic rings. The third-order valence-corrected chi connectivity index (χ3v) is 4.28. The van der Waals surface area contributed by atoms with Crippen LogP contribution in [0.2, 0.25) is 0 Å². The van der Waals surface area contributed by atoms with Gasteiger partial charge >= 0.3 is 6.09 Å². The number of aromatic nitrogens is 3. The molecule has 31 heavy (non-hydrogen) atoms. The van der Waals surface area contributed by atoms with Gasteiger partial charge in [-0.1, -0.05) is 12.1 Å². The maximum Gasteiger partial charge on any atom is 0.411 e. The van der Waals surface area contributed by atoms with Crippen LogP contribution < -0.4 is 10.6 Å². The highest BCUT2D eigenvalue weighted by Crippen LogP contribution is 2.23. The SMILES string of the molecule is Cc1ccc(C(=O)Nc2cccc(-c3cn4cc(NC(=O)OC(C)C)cnc4n3)c2)o1. The number of anilines is 2. The standard InChI is InChI=1S/C22H21N5O4/c1-13(2)30-22(29)25-17-10-23-21-26-18(12-27(21)11-17)15-5-4-6-16(9-15)24-20(28)19-8-7-14(3)31-19/h4-13H,1-3H3,(H,24,28)(H,25,29). The Balaban J connectivity index is 1.53. The fourth-order valence-corrected chi connectivity index (χ4v) is 2.96. The minimum absolute atomic E-state index is 0.221. The van der Waals surface area contributed by atoms with Gasteiger partial charge in [-0.15, -0.1) is 0 Å². The average molecular weight is 419 g/mol. The Morgan fingerprint density at radius 3 is 2.68 bits per heavy atom. The first-order chi connectivity index (χ1) is 14.9. The number of fused-ring (bicyclic) bond motifs is 1. The molecule has 3 aromatic heterocycles. The minimum Gasteiger partial charge on any atom is -0.456 e. The molecule has 0 aliphatic carbocycles. The molecule has 0 saturated carbocycles. The summed E-state index contributed by atoms with van der Waals surface area (Å²) in [5.41, 5.74) is 2.56. The summed E-state index contributed by atoms with van der Waals surface area (Å²) in [6, 6.07) is 10.7. The van der Waals surface area contributed by atoms with Gasteiger partial charge in [0.2, 0.25) is 5.78 Å². The summed E-state index contributed by atoms with van der Waals surface area (Å²) in [5, 5.41) is 5.45. The second kappa shape index (κ2) is 8.31. The maximum absolute atomic E-state index is 12.3. The number of hydrogen-bond acceptors (Lipinski definition) is 6. The molecule has 4 rings (SSSR count). The highest BCUT2D eigenvalue weighted by Gasteiger charge is 2.12. The van der Waals surface area contributed by atoms with E-state index in [9.17, 15) is 9.59 Å². The van der Waals surface area contributed by atoms with Crippen molar-refractivity contribution in [3.63, 3.8) is 0 Å². The molecule has 2 amide bonds. The van der Waals surface area contributed by atoms with Crippen LogP contribution in [0.15, 0.2) is 59.4 Å². The molecule has 0 spiro atoms. The van der Waals surface area contributed by atoms with Crippen LogP contribution in [0.3, 0.4) is 0 Å². The van der Waals surface area contributed by atoms with Crippen LogP contribution >= 0.6 is 0 Å². The summed E-state index contributed by atoms with van der Waals surface area (Å²) < 4.78 is 12.1. The topological polar surface area (TPSA) is 111 Å². The molecule has 2 N–H and O–H groups in total. The smallest absolute Gasteiger partial charge is 0.411 e. The first kappa shape index (κ1) is 20.1. The Labute approximate surface area is 178 Å². The molecule has 0 radical (unpaired) electrons. The summed E-state index contributed by atoms with van der Waals surface area (Å²) in [5.74, 6) is 1.06. The average Bonchev–Trinajstić information content (AvgIpc) is 3.33. The van der Waals surface area contributed by atoms with Crippen molar-refractivity contribution in [1.82, 2.24) is 14.4 Å². The van der Waals surface area contributed by atoms with E-state index in [0.717, 1.165) is 5.56 Å². The number of rotatable bonds is 5. The monoisotopic (exact) mass is 419 g/mol. The van der Waals surface area contributed by atoms with Crippen molar-refractivity contribution in [2.75, 3.05) is 10.6 Å². The van der Waals surface area contributed by atoms with E-state index < -0.39 is 6.09 Å². The molecule has 9 heteroatoms. The molecule has 0 fully saturated rings. The number of ether oxygens (including phenoxy) is 1. The van der Waals surface area contributed by atoms with Crippen LogP contribution in [-0.4, -0.2) is 32.5 Å². The van der Waals surface area contributed by atoms with E-state index in [1.165, 1.54) is 6.20 Å². The van der Waals surface area contributed by atoms with Gasteiger partial charge in [0.1, 0.15) is 5.76 Å². The van der Waals surface area contributed by atoms with Crippen molar-refractivity contribution in [2.45, 2.75) is 26.9 Å². The molecule has 0 saturated heterocycles. The zero-order valence-electron chi connectivity index (χ0n) is 17.2. The zero-order valence-corrected chi connectivity index (χ0v) is 17.2. The fraction of sp³-hybridized carbons (Fsp3) is 0.182. The molecular formula is C22H21N5O4. The van der Waals surface area contributed by atoms with Gasteiger partial charge in [-0.3, -0.25) is 14.5 Å². The Morgan fingerprint density at radius 2 is 1.94 bits per heavy atom. The van der Waals surface area contributed by atoms with Crippen molar-refractivity contribution in [2.24, 2.45) is 0 Å². The van der Waals surface area contributed by atoms with Gasteiger partial charge in [0.15, 0.2) is 5.76 Å². The summed E-state index contributed by atoms with van der Waals surface area (Å²) >= 11 is 0. The first-order valence-corrected chi connectivity index (χ1v) is 9.68. The summed E-state index contributed by atoms with van der Waals surface area (Å²) in [7, 11) is 0. The van der Waals surface area contributed by atoms with Crippen LogP contribution in [0, 0.1) is 6.92 Å². The lowest BCUT2D eigenvalue weighted by atomic mass is 10.1. The van der Waals surface area contributed by atoms with Crippen LogP contribution in [-0.2, 0) is 4.74 Å². The summed E-state index contributed by atoms with van der Waals surface area (Å²) in [6.07, 6.45) is 4.23. The van der Waals surface area contributed by atoms with E-state index in [1.807, 2.05) is 18.2 Å². The van der Waals surface area contributed by atoms with Gasteiger partial charge in [-0.05, 0) is 45.0 Å². The molecular weight excluding hydrogens is 398 g/mol. The number of aryl methyl sites for hydroxylation is 1. The lowest BCUT2D eigenvalue weighted by Gasteiger charge is -2.09. The van der Waals surface area contributed by atoms with E-state index in [4.69, 9.17) is 9.15 Å². The van der Waals surface area contributed by atoms with Gasteiger partial charge in [0.05, 0.1) is 23.7 Å². The van der Waals surface area contributed by atoms with E-state index in [-0.39, 0.29) is 17.8 Å². The van der Waals surface area contributed by atoms with Crippen molar-refractivity contribution in [3.8, 4) is 11.3 Å². The van der Waals surface area contributed by atoms with E-state index in [0.29, 0.717) is 28.6 Å². The molecule has 0 bridgehead atoms. The molecule has 0 atom stereocenters. The second-order valence-corrected chi connectivity index (χ2v) is 7.20. The predicted octanol–water partition coefficient (Wildman–Crippen LogP) is 4.51. The third-order valence-electron chi connectivity index (χ3n) is 4.28. The molecule has 3 heterocycles. The fourth-order valence-electron chi connectivity index (χ4n) is 2.96. The normalized spacial score (nSPS) is 11.0. The van der Waals surface area contributed by atoms with E-state index in [2.05, 4.69) is 20.6 Å². The largest absolute Gasteiger partial charge is 0.456 e. The van der Waals surface area contributed by atoms with E-state index >= 15 is 0 Å². The number of carbonyl (C=O) groups excluding carboxylic acids is 2. The van der Waals surface area contributed by atoms with Crippen LogP contribution in [0.4, 0.5) is 16.2 Å². The number of amides is 2. The molecule has 0 aliphatic heterocycles. The van der Waals surface area contributed by atoms with Crippen molar-refractivity contribution in [3.05, 3.63) is 66.5 Å². The van der Waals surface area contributed by atoms with Gasteiger partial charge < -0.3 is 14.5 Å². The van der Waals surface area contributed by atoms with Crippen LogP contribution in [0.25, 0.3) is 17.0 Å². The summed E-state index contributed by atoms with van der Waals surface area (Å²) in [4.78, 5) is 32.9. The van der Waals surface area contributed by atoms with Gasteiger partial charge in [-0.25, -0.2) is 14.8 Å². The van der Waals surface area contributed by atoms with Crippen LogP contribution in [0.5, 0.6) is 0 Å². The Hall–Kier alpha value is -4.14. The highest BCUT2D eigenvalue weighted by atomic mass is 16.6. The molecule has 0 unspecified atom stereocenters. The molecule has 158 valence electrons. The third kappa shape index (κ3) is 4.72. The second-order valence-electron chi connectivity index (χ2n) is 7.20. The quantitative estimate of drug-likeness (QED) is 0.492. The van der Waals surface area contributed by atoms with Crippen molar-refractivity contribution in [1.29, 1.82) is 0 Å². The Morgan fingerprint density at radius 1 is 1.10 bits per heavy atom. The van der Waals surface area contributed by atoms with Gasteiger partial charge in [0.25, 0.3) is 5.91 Å². The number of nitrogens with one attached hydrogen (secondary N) is 2. The maximum atomic E-state index is 12.3. The highest BCUT2D eigenvalue weighted by molar-refractivity contribution is 6.02.